The lowest BCUT2D eigenvalue weighted by molar-refractivity contribution is -0.274. The second kappa shape index (κ2) is 12.9. The van der Waals surface area contributed by atoms with E-state index < -0.39 is 41.6 Å². The second-order valence-electron chi connectivity index (χ2n) is 11.2. The molecule has 1 aromatic heterocycles. The Hall–Kier alpha value is -4.81. The summed E-state index contributed by atoms with van der Waals surface area (Å²) in [5, 5.41) is 11.5. The van der Waals surface area contributed by atoms with E-state index in [4.69, 9.17) is 5.11 Å². The fraction of sp³-hybridized carbons (Fsp3) is 0.303. The summed E-state index contributed by atoms with van der Waals surface area (Å²) in [6.45, 7) is -0.0371. The van der Waals surface area contributed by atoms with Crippen molar-refractivity contribution in [3.05, 3.63) is 95.2 Å². The monoisotopic (exact) mass is 646 g/mol. The van der Waals surface area contributed by atoms with Crippen LogP contribution in [0.1, 0.15) is 57.7 Å². The van der Waals surface area contributed by atoms with Gasteiger partial charge in [-0.1, -0.05) is 25.0 Å². The standard InChI is InChI=1S/C33H28F6N2O5/c34-32(35,36)24-7-9-25(10-8-24)41-27-12-11-26(46-33(37,38)39)17-22(27)18-28(41)30(44)23(15-19-1-2-19)16-20-3-5-21(6-4-20)31(45)40-14-13-29(42)43/h3-12,17-19,23H,1-2,13-16H2,(H,40,45)(H,42,43)/t23-/m1/s1. The summed E-state index contributed by atoms with van der Waals surface area (Å²) in [6.07, 6.45) is -7.12. The Kier molecular flexibility index (Phi) is 9.13. The number of ether oxygens (including phenoxy) is 1. The Balaban J connectivity index is 1.48. The molecule has 5 rings (SSSR count). The maximum Gasteiger partial charge on any atom is 0.573 e. The van der Waals surface area contributed by atoms with Crippen molar-refractivity contribution in [3.8, 4) is 11.4 Å². The highest BCUT2D eigenvalue weighted by molar-refractivity contribution is 6.03. The zero-order valence-electron chi connectivity index (χ0n) is 24.1. The molecule has 0 spiro atoms. The first kappa shape index (κ1) is 32.6. The van der Waals surface area contributed by atoms with Crippen LogP contribution < -0.4 is 10.1 Å². The van der Waals surface area contributed by atoms with Crippen LogP contribution in [0.2, 0.25) is 0 Å². The average Bonchev–Trinajstić information content (AvgIpc) is 3.72. The summed E-state index contributed by atoms with van der Waals surface area (Å²) in [7, 11) is 0. The number of halogens is 6. The minimum atomic E-state index is -4.95. The van der Waals surface area contributed by atoms with E-state index in [1.54, 1.807) is 24.3 Å². The third kappa shape index (κ3) is 8.06. The molecule has 1 heterocycles. The number of amides is 1. The number of Topliss-reactive ketones (excluding diaryl/α,β-unsaturated/α-hetero) is 1. The van der Waals surface area contributed by atoms with Crippen molar-refractivity contribution in [1.29, 1.82) is 0 Å². The third-order valence-corrected chi connectivity index (χ3v) is 7.72. The number of rotatable bonds is 12. The number of carboxylic acid groups (broad SMARTS) is 1. The topological polar surface area (TPSA) is 97.6 Å². The lowest BCUT2D eigenvalue weighted by Crippen LogP contribution is -2.26. The van der Waals surface area contributed by atoms with Crippen molar-refractivity contribution in [3.63, 3.8) is 0 Å². The van der Waals surface area contributed by atoms with E-state index in [0.717, 1.165) is 42.7 Å². The third-order valence-electron chi connectivity index (χ3n) is 7.72. The van der Waals surface area contributed by atoms with E-state index in [0.29, 0.717) is 23.4 Å². The molecular weight excluding hydrogens is 618 g/mol. The zero-order valence-corrected chi connectivity index (χ0v) is 24.1. The number of aliphatic carboxylic acids is 1. The van der Waals surface area contributed by atoms with E-state index in [-0.39, 0.29) is 41.9 Å². The van der Waals surface area contributed by atoms with Gasteiger partial charge in [-0.15, -0.1) is 13.2 Å². The van der Waals surface area contributed by atoms with Crippen LogP contribution >= 0.6 is 0 Å². The number of fused-ring (bicyclic) bond motifs is 1. The first-order valence-corrected chi connectivity index (χ1v) is 14.4. The second-order valence-corrected chi connectivity index (χ2v) is 11.2. The van der Waals surface area contributed by atoms with E-state index in [1.165, 1.54) is 28.8 Å². The largest absolute Gasteiger partial charge is 0.573 e. The van der Waals surface area contributed by atoms with Crippen LogP contribution in [-0.2, 0) is 17.4 Å². The van der Waals surface area contributed by atoms with Crippen LogP contribution in [0, 0.1) is 11.8 Å². The Labute approximate surface area is 258 Å². The van der Waals surface area contributed by atoms with Gasteiger partial charge in [-0.25, -0.2) is 0 Å². The van der Waals surface area contributed by atoms with Crippen molar-refractivity contribution in [2.24, 2.45) is 11.8 Å². The molecule has 0 aliphatic heterocycles. The quantitative estimate of drug-likeness (QED) is 0.122. The van der Waals surface area contributed by atoms with Crippen LogP contribution in [0.15, 0.2) is 72.8 Å². The fourth-order valence-electron chi connectivity index (χ4n) is 5.36. The molecule has 0 radical (unpaired) electrons. The van der Waals surface area contributed by atoms with Gasteiger partial charge in [-0.05, 0) is 85.0 Å². The molecular formula is C33H28F6N2O5. The van der Waals surface area contributed by atoms with E-state index >= 15 is 0 Å². The van der Waals surface area contributed by atoms with Gasteiger partial charge in [0, 0.05) is 29.1 Å². The van der Waals surface area contributed by atoms with Gasteiger partial charge >= 0.3 is 18.5 Å². The molecule has 7 nitrogen and oxygen atoms in total. The number of hydrogen-bond donors (Lipinski definition) is 2. The molecule has 1 fully saturated rings. The molecule has 0 saturated heterocycles. The lowest BCUT2D eigenvalue weighted by atomic mass is 9.88. The first-order chi connectivity index (χ1) is 21.7. The molecule has 1 aliphatic carbocycles. The van der Waals surface area contributed by atoms with Gasteiger partial charge in [-0.3, -0.25) is 14.4 Å². The number of carboxylic acids is 1. The molecule has 1 saturated carbocycles. The van der Waals surface area contributed by atoms with Crippen LogP contribution in [0.4, 0.5) is 26.3 Å². The molecule has 242 valence electrons. The maximum atomic E-state index is 14.2. The Morgan fingerprint density at radius 3 is 2.17 bits per heavy atom. The Morgan fingerprint density at radius 1 is 0.913 bits per heavy atom. The molecule has 1 amide bonds. The maximum absolute atomic E-state index is 14.2. The molecule has 1 aliphatic rings. The molecule has 46 heavy (non-hydrogen) atoms. The van der Waals surface area contributed by atoms with Gasteiger partial charge in [0.15, 0.2) is 5.78 Å². The highest BCUT2D eigenvalue weighted by atomic mass is 19.4. The number of aromatic nitrogens is 1. The summed E-state index contributed by atoms with van der Waals surface area (Å²) in [5.41, 5.74) is 0.768. The number of benzene rings is 3. The number of alkyl halides is 6. The minimum Gasteiger partial charge on any atom is -0.481 e. The fourth-order valence-corrected chi connectivity index (χ4v) is 5.36. The Morgan fingerprint density at radius 2 is 1.59 bits per heavy atom. The number of hydrogen-bond acceptors (Lipinski definition) is 4. The van der Waals surface area contributed by atoms with Crippen LogP contribution in [0.25, 0.3) is 16.6 Å². The van der Waals surface area contributed by atoms with Crippen molar-refractivity contribution >= 4 is 28.6 Å². The molecule has 3 aromatic carbocycles. The van der Waals surface area contributed by atoms with Crippen LogP contribution in [0.5, 0.6) is 5.75 Å². The summed E-state index contributed by atoms with van der Waals surface area (Å²) in [6, 6.07) is 15.6. The summed E-state index contributed by atoms with van der Waals surface area (Å²) < 4.78 is 84.1. The van der Waals surface area contributed by atoms with Crippen molar-refractivity contribution in [1.82, 2.24) is 9.88 Å². The van der Waals surface area contributed by atoms with Gasteiger partial charge in [0.05, 0.1) is 23.2 Å². The molecule has 0 unspecified atom stereocenters. The van der Waals surface area contributed by atoms with E-state index in [9.17, 15) is 40.7 Å². The normalized spacial score (nSPS) is 14.2. The Bertz CT molecular complexity index is 1740. The van der Waals surface area contributed by atoms with Crippen LogP contribution in [-0.4, -0.2) is 40.2 Å². The van der Waals surface area contributed by atoms with Gasteiger partial charge in [0.2, 0.25) is 0 Å². The molecule has 0 bridgehead atoms. The molecule has 13 heteroatoms. The molecule has 1 atom stereocenters. The summed E-state index contributed by atoms with van der Waals surface area (Å²) in [4.78, 5) is 37.3. The predicted octanol–water partition coefficient (Wildman–Crippen LogP) is 7.59. The number of carbonyl (C=O) groups is 3. The van der Waals surface area contributed by atoms with E-state index in [1.807, 2.05) is 0 Å². The molecule has 2 N–H and O–H groups in total. The highest BCUT2D eigenvalue weighted by Gasteiger charge is 2.34. The zero-order chi connectivity index (χ0) is 33.2. The van der Waals surface area contributed by atoms with Gasteiger partial charge in [0.1, 0.15) is 5.75 Å². The summed E-state index contributed by atoms with van der Waals surface area (Å²) >= 11 is 0. The minimum absolute atomic E-state index is 0.0371. The van der Waals surface area contributed by atoms with Gasteiger partial charge in [0.25, 0.3) is 5.91 Å². The smallest absolute Gasteiger partial charge is 0.481 e. The van der Waals surface area contributed by atoms with Crippen molar-refractivity contribution < 1.29 is 50.6 Å². The number of carbonyl (C=O) groups excluding carboxylic acids is 2. The highest BCUT2D eigenvalue weighted by Crippen LogP contribution is 2.39. The van der Waals surface area contributed by atoms with Crippen LogP contribution in [0.3, 0.4) is 0 Å². The van der Waals surface area contributed by atoms with Gasteiger partial charge in [-0.2, -0.15) is 13.2 Å². The number of ketones is 1. The average molecular weight is 647 g/mol. The predicted molar refractivity (Wildman–Crippen MR) is 155 cm³/mol. The SMILES string of the molecule is O=C(O)CCNC(=O)c1ccc(C[C@@H](CC2CC2)C(=O)c2cc3cc(OC(F)(F)F)ccc3n2-c2ccc(C(F)(F)F)cc2)cc1. The van der Waals surface area contributed by atoms with Crippen molar-refractivity contribution in [2.45, 2.75) is 44.6 Å². The lowest BCUT2D eigenvalue weighted by Gasteiger charge is -2.18. The molecule has 4 aromatic rings. The summed E-state index contributed by atoms with van der Waals surface area (Å²) in [5.74, 6) is -2.63. The number of nitrogens with one attached hydrogen (secondary N) is 1. The first-order valence-electron chi connectivity index (χ1n) is 14.4. The number of nitrogens with zero attached hydrogens (tertiary/aromatic N) is 1. The van der Waals surface area contributed by atoms with E-state index in [2.05, 4.69) is 10.1 Å². The van der Waals surface area contributed by atoms with Crippen molar-refractivity contribution in [2.75, 3.05) is 6.54 Å². The van der Waals surface area contributed by atoms with Gasteiger partial charge < -0.3 is 19.7 Å².